The first-order valence-electron chi connectivity index (χ1n) is 21.8. The van der Waals surface area contributed by atoms with Crippen LogP contribution in [0.25, 0.3) is 11.1 Å². The monoisotopic (exact) mass is 754 g/mol. The van der Waals surface area contributed by atoms with Gasteiger partial charge < -0.3 is 9.80 Å². The van der Waals surface area contributed by atoms with Gasteiger partial charge in [-0.2, -0.15) is 0 Å². The molecule has 288 valence electrons. The minimum Gasteiger partial charge on any atom is -0.311 e. The third kappa shape index (κ3) is 6.34. The van der Waals surface area contributed by atoms with E-state index in [1.807, 2.05) is 0 Å². The van der Waals surface area contributed by atoms with Crippen LogP contribution in [-0.4, -0.2) is 0 Å². The zero-order valence-corrected chi connectivity index (χ0v) is 34.1. The summed E-state index contributed by atoms with van der Waals surface area (Å²) in [6.07, 6.45) is 11.6. The van der Waals surface area contributed by atoms with Crippen LogP contribution >= 0.6 is 0 Å². The molecule has 0 amide bonds. The Morgan fingerprint density at radius 1 is 0.414 bits per heavy atom. The molecule has 58 heavy (non-hydrogen) atoms. The number of para-hydroxylation sites is 2. The van der Waals surface area contributed by atoms with Crippen molar-refractivity contribution < 1.29 is 0 Å². The van der Waals surface area contributed by atoms with Crippen molar-refractivity contribution in [1.29, 1.82) is 0 Å². The van der Waals surface area contributed by atoms with Crippen LogP contribution in [0.4, 0.5) is 34.1 Å². The van der Waals surface area contributed by atoms with Crippen molar-refractivity contribution in [3.8, 4) is 11.1 Å². The first kappa shape index (κ1) is 36.5. The summed E-state index contributed by atoms with van der Waals surface area (Å²) in [5, 5.41) is 0. The molecule has 0 bridgehead atoms. The molecule has 2 heteroatoms. The first-order valence-corrected chi connectivity index (χ1v) is 21.8. The van der Waals surface area contributed by atoms with Crippen molar-refractivity contribution in [3.05, 3.63) is 204 Å². The Bertz CT molecular complexity index is 2490. The molecule has 0 saturated heterocycles. The van der Waals surface area contributed by atoms with Crippen LogP contribution in [0.2, 0.25) is 0 Å². The van der Waals surface area contributed by atoms with Crippen molar-refractivity contribution in [2.75, 3.05) is 9.80 Å². The zero-order chi connectivity index (χ0) is 39.1. The molecular weight excluding hydrogens is 701 g/mol. The van der Waals surface area contributed by atoms with Gasteiger partial charge in [-0.05, 0) is 132 Å². The smallest absolute Gasteiger partial charge is 0.0543 e. The maximum Gasteiger partial charge on any atom is 0.0543 e. The molecule has 0 aromatic heterocycles. The Hall–Kier alpha value is -5.86. The molecule has 0 heterocycles. The number of fused-ring (bicyclic) bond motifs is 3. The Labute approximate surface area is 345 Å². The van der Waals surface area contributed by atoms with Gasteiger partial charge in [-0.1, -0.05) is 155 Å². The molecule has 2 nitrogen and oxygen atoms in total. The third-order valence-electron chi connectivity index (χ3n) is 13.9. The van der Waals surface area contributed by atoms with Crippen LogP contribution in [0, 0.1) is 0 Å². The molecule has 0 atom stereocenters. The summed E-state index contributed by atoms with van der Waals surface area (Å²) < 4.78 is 0. The first-order chi connectivity index (χ1) is 28.5. The lowest BCUT2D eigenvalue weighted by Crippen LogP contribution is -2.24. The van der Waals surface area contributed by atoms with Crippen molar-refractivity contribution >= 4 is 34.1 Å². The Morgan fingerprint density at radius 2 is 0.897 bits per heavy atom. The van der Waals surface area contributed by atoms with E-state index in [0.717, 1.165) is 12.8 Å². The molecule has 3 aliphatic rings. The molecular formula is C56H54N2. The third-order valence-corrected chi connectivity index (χ3v) is 13.9. The summed E-state index contributed by atoms with van der Waals surface area (Å²) >= 11 is 0. The summed E-state index contributed by atoms with van der Waals surface area (Å²) in [5.74, 6) is 0.703. The fourth-order valence-corrected chi connectivity index (χ4v) is 10.9. The second-order valence-electron chi connectivity index (χ2n) is 17.5. The van der Waals surface area contributed by atoms with Crippen LogP contribution in [-0.2, 0) is 10.8 Å². The molecule has 0 N–H and O–H groups in total. The van der Waals surface area contributed by atoms with E-state index in [1.165, 1.54) is 118 Å². The molecule has 2 fully saturated rings. The average Bonchev–Trinajstić information content (AvgIpc) is 3.88. The van der Waals surface area contributed by atoms with Gasteiger partial charge in [0.05, 0.1) is 5.69 Å². The highest BCUT2D eigenvalue weighted by Gasteiger charge is 2.39. The normalized spacial score (nSPS) is 16.7. The molecule has 2 saturated carbocycles. The highest BCUT2D eigenvalue weighted by atomic mass is 15.1. The van der Waals surface area contributed by atoms with E-state index in [4.69, 9.17) is 0 Å². The predicted octanol–water partition coefficient (Wildman–Crippen LogP) is 15.8. The van der Waals surface area contributed by atoms with Gasteiger partial charge in [0.25, 0.3) is 0 Å². The van der Waals surface area contributed by atoms with Gasteiger partial charge in [0, 0.05) is 44.8 Å². The second kappa shape index (κ2) is 15.1. The minimum atomic E-state index is -0.0597. The van der Waals surface area contributed by atoms with E-state index in [9.17, 15) is 0 Å². The van der Waals surface area contributed by atoms with E-state index < -0.39 is 0 Å². The lowest BCUT2D eigenvalue weighted by Gasteiger charge is -2.33. The van der Waals surface area contributed by atoms with Gasteiger partial charge >= 0.3 is 0 Å². The Kier molecular flexibility index (Phi) is 9.52. The van der Waals surface area contributed by atoms with Crippen LogP contribution in [0.1, 0.15) is 105 Å². The number of rotatable bonds is 9. The molecule has 0 unspecified atom stereocenters. The standard InChI is InChI=1S/C56H54N2/c1-55(2)51-24-13-12-23-50(51)54-52(55)25-16-26-53(54)58(46-21-10-5-11-22-46)49-37-31-44(32-38-49)56(39-14-15-40-56)43-29-35-48(36-30-43)57(45-19-8-4-9-20-45)47-33-27-42(28-34-47)41-17-6-3-7-18-41/h4-5,8-13,16,19-38,41H,3,6-7,14-15,17-18,39-40H2,1-2H3. The molecule has 10 rings (SSSR count). The van der Waals surface area contributed by atoms with Crippen LogP contribution in [0.15, 0.2) is 176 Å². The number of hydrogen-bond donors (Lipinski definition) is 0. The van der Waals surface area contributed by atoms with E-state index in [0.29, 0.717) is 5.92 Å². The van der Waals surface area contributed by atoms with E-state index in [-0.39, 0.29) is 10.8 Å². The Morgan fingerprint density at radius 3 is 1.50 bits per heavy atom. The van der Waals surface area contributed by atoms with E-state index in [2.05, 4.69) is 200 Å². The molecule has 0 spiro atoms. The number of nitrogens with zero attached hydrogens (tertiary/aromatic N) is 2. The van der Waals surface area contributed by atoms with Crippen molar-refractivity contribution in [2.24, 2.45) is 0 Å². The minimum absolute atomic E-state index is 0.00911. The second-order valence-corrected chi connectivity index (χ2v) is 17.5. The molecule has 0 aliphatic heterocycles. The molecule has 7 aromatic carbocycles. The van der Waals surface area contributed by atoms with Crippen LogP contribution in [0.3, 0.4) is 0 Å². The fourth-order valence-electron chi connectivity index (χ4n) is 10.9. The molecule has 3 aliphatic carbocycles. The lowest BCUT2D eigenvalue weighted by atomic mass is 9.73. The zero-order valence-electron chi connectivity index (χ0n) is 34.1. The largest absolute Gasteiger partial charge is 0.311 e. The van der Waals surface area contributed by atoms with E-state index >= 15 is 0 Å². The summed E-state index contributed by atoms with van der Waals surface area (Å²) in [6, 6.07) is 66.2. The lowest BCUT2D eigenvalue weighted by molar-refractivity contribution is 0.443. The van der Waals surface area contributed by atoms with Crippen molar-refractivity contribution in [2.45, 2.75) is 88.4 Å². The maximum atomic E-state index is 2.47. The van der Waals surface area contributed by atoms with Gasteiger partial charge in [0.1, 0.15) is 0 Å². The van der Waals surface area contributed by atoms with Crippen LogP contribution in [0.5, 0.6) is 0 Å². The predicted molar refractivity (Wildman–Crippen MR) is 245 cm³/mol. The average molecular weight is 755 g/mol. The summed E-state index contributed by atoms with van der Waals surface area (Å²) in [4.78, 5) is 4.89. The number of benzene rings is 7. The van der Waals surface area contributed by atoms with Gasteiger partial charge in [0.15, 0.2) is 0 Å². The highest BCUT2D eigenvalue weighted by Crippen LogP contribution is 2.54. The molecule has 7 aromatic rings. The summed E-state index contributed by atoms with van der Waals surface area (Å²) in [5.41, 5.74) is 16.9. The summed E-state index contributed by atoms with van der Waals surface area (Å²) in [6.45, 7) is 4.73. The topological polar surface area (TPSA) is 6.48 Å². The van der Waals surface area contributed by atoms with Crippen molar-refractivity contribution in [1.82, 2.24) is 0 Å². The summed E-state index contributed by atoms with van der Waals surface area (Å²) in [7, 11) is 0. The number of anilines is 6. The van der Waals surface area contributed by atoms with Gasteiger partial charge in [-0.25, -0.2) is 0 Å². The van der Waals surface area contributed by atoms with Gasteiger partial charge in [-0.3, -0.25) is 0 Å². The SMILES string of the molecule is CC1(C)c2ccccc2-c2c(N(c3ccccc3)c3ccc(C4(c5ccc(N(c6ccccc6)c6ccc(C7CCCCC7)cc6)cc5)CCCC4)cc3)cccc21. The number of hydrogen-bond acceptors (Lipinski definition) is 2. The Balaban J connectivity index is 0.998. The maximum absolute atomic E-state index is 2.47. The van der Waals surface area contributed by atoms with E-state index in [1.54, 1.807) is 0 Å². The van der Waals surface area contributed by atoms with Crippen molar-refractivity contribution in [3.63, 3.8) is 0 Å². The van der Waals surface area contributed by atoms with Gasteiger partial charge in [0.2, 0.25) is 0 Å². The quantitative estimate of drug-likeness (QED) is 0.145. The fraction of sp³-hybridized carbons (Fsp3) is 0.250. The van der Waals surface area contributed by atoms with Gasteiger partial charge in [-0.15, -0.1) is 0 Å². The van der Waals surface area contributed by atoms with Crippen LogP contribution < -0.4 is 9.80 Å². The highest BCUT2D eigenvalue weighted by molar-refractivity contribution is 5.95. The molecule has 0 radical (unpaired) electrons.